The third-order valence-electron chi connectivity index (χ3n) is 2.53. The SMILES string of the molecule is CCc1noc(-c2ccc(N)cc2)c1C. The Morgan fingerprint density at radius 2 is 1.93 bits per heavy atom. The van der Waals surface area contributed by atoms with Gasteiger partial charge >= 0.3 is 0 Å². The minimum atomic E-state index is 0.756. The predicted octanol–water partition coefficient (Wildman–Crippen LogP) is 2.79. The summed E-state index contributed by atoms with van der Waals surface area (Å²) in [6.07, 6.45) is 0.893. The largest absolute Gasteiger partial charge is 0.399 e. The van der Waals surface area contributed by atoms with Gasteiger partial charge in [-0.1, -0.05) is 12.1 Å². The fraction of sp³-hybridized carbons (Fsp3) is 0.250. The number of hydrogen-bond donors (Lipinski definition) is 1. The van der Waals surface area contributed by atoms with E-state index < -0.39 is 0 Å². The zero-order valence-electron chi connectivity index (χ0n) is 8.95. The van der Waals surface area contributed by atoms with E-state index in [-0.39, 0.29) is 0 Å². The molecule has 2 N–H and O–H groups in total. The Balaban J connectivity index is 2.45. The number of hydrogen-bond acceptors (Lipinski definition) is 3. The Morgan fingerprint density at radius 1 is 1.27 bits per heavy atom. The first-order valence-corrected chi connectivity index (χ1v) is 5.03. The van der Waals surface area contributed by atoms with Gasteiger partial charge in [-0.05, 0) is 37.6 Å². The number of nitrogen functional groups attached to an aromatic ring is 1. The maximum Gasteiger partial charge on any atom is 0.170 e. The van der Waals surface area contributed by atoms with E-state index in [0.29, 0.717) is 0 Å². The fourth-order valence-electron chi connectivity index (χ4n) is 1.60. The van der Waals surface area contributed by atoms with Crippen molar-refractivity contribution >= 4 is 5.69 Å². The van der Waals surface area contributed by atoms with E-state index >= 15 is 0 Å². The maximum absolute atomic E-state index is 5.63. The smallest absolute Gasteiger partial charge is 0.170 e. The molecule has 1 heterocycles. The molecule has 0 saturated carbocycles. The number of nitrogens with two attached hydrogens (primary N) is 1. The third kappa shape index (κ3) is 1.73. The summed E-state index contributed by atoms with van der Waals surface area (Å²) >= 11 is 0. The van der Waals surface area contributed by atoms with Crippen LogP contribution in [0.2, 0.25) is 0 Å². The highest BCUT2D eigenvalue weighted by molar-refractivity contribution is 5.63. The molecule has 0 spiro atoms. The molecule has 0 amide bonds. The summed E-state index contributed by atoms with van der Waals surface area (Å²) in [6, 6.07) is 7.62. The lowest BCUT2D eigenvalue weighted by atomic mass is 10.1. The second-order valence-corrected chi connectivity index (χ2v) is 3.56. The molecule has 15 heavy (non-hydrogen) atoms. The predicted molar refractivity (Wildman–Crippen MR) is 60.5 cm³/mol. The Bertz CT molecular complexity index is 457. The first-order chi connectivity index (χ1) is 7.22. The molecule has 78 valence electrons. The van der Waals surface area contributed by atoms with Gasteiger partial charge < -0.3 is 10.3 Å². The van der Waals surface area contributed by atoms with Gasteiger partial charge in [0.05, 0.1) is 5.69 Å². The summed E-state index contributed by atoms with van der Waals surface area (Å²) in [5.74, 6) is 0.840. The quantitative estimate of drug-likeness (QED) is 0.762. The summed E-state index contributed by atoms with van der Waals surface area (Å²) in [6.45, 7) is 4.10. The highest BCUT2D eigenvalue weighted by Crippen LogP contribution is 2.26. The molecule has 2 rings (SSSR count). The van der Waals surface area contributed by atoms with Crippen LogP contribution in [0.25, 0.3) is 11.3 Å². The molecule has 1 aromatic heterocycles. The van der Waals surface area contributed by atoms with Crippen LogP contribution in [-0.4, -0.2) is 5.16 Å². The second-order valence-electron chi connectivity index (χ2n) is 3.56. The Hall–Kier alpha value is -1.77. The van der Waals surface area contributed by atoms with Crippen LogP contribution in [0.3, 0.4) is 0 Å². The number of aromatic nitrogens is 1. The molecule has 3 heteroatoms. The van der Waals surface area contributed by atoms with E-state index in [9.17, 15) is 0 Å². The zero-order valence-corrected chi connectivity index (χ0v) is 8.95. The number of rotatable bonds is 2. The molecule has 0 saturated heterocycles. The number of anilines is 1. The van der Waals surface area contributed by atoms with E-state index in [2.05, 4.69) is 12.1 Å². The number of aryl methyl sites for hydroxylation is 1. The van der Waals surface area contributed by atoms with Gasteiger partial charge in [-0.25, -0.2) is 0 Å². The highest BCUT2D eigenvalue weighted by Gasteiger charge is 2.11. The summed E-state index contributed by atoms with van der Waals surface area (Å²) in [4.78, 5) is 0. The van der Waals surface area contributed by atoms with Crippen LogP contribution in [0.5, 0.6) is 0 Å². The molecular formula is C12H14N2O. The summed E-state index contributed by atoms with van der Waals surface area (Å²) in [5.41, 5.74) is 9.54. The lowest BCUT2D eigenvalue weighted by Gasteiger charge is -1.98. The molecule has 0 aliphatic carbocycles. The molecule has 0 aliphatic heterocycles. The van der Waals surface area contributed by atoms with E-state index in [1.165, 1.54) is 0 Å². The van der Waals surface area contributed by atoms with Crippen molar-refractivity contribution in [2.24, 2.45) is 0 Å². The normalized spacial score (nSPS) is 10.5. The Morgan fingerprint density at radius 3 is 2.47 bits per heavy atom. The summed E-state index contributed by atoms with van der Waals surface area (Å²) in [7, 11) is 0. The lowest BCUT2D eigenvalue weighted by Crippen LogP contribution is -1.85. The fourth-order valence-corrected chi connectivity index (χ4v) is 1.60. The van der Waals surface area contributed by atoms with Crippen LogP contribution in [0, 0.1) is 6.92 Å². The van der Waals surface area contributed by atoms with Crippen molar-refractivity contribution in [3.63, 3.8) is 0 Å². The van der Waals surface area contributed by atoms with Gasteiger partial charge in [0.2, 0.25) is 0 Å². The van der Waals surface area contributed by atoms with Crippen LogP contribution >= 0.6 is 0 Å². The standard InChI is InChI=1S/C12H14N2O/c1-3-11-8(2)12(15-14-11)9-4-6-10(13)7-5-9/h4-7H,3,13H2,1-2H3. The minimum absolute atomic E-state index is 0.756. The highest BCUT2D eigenvalue weighted by atomic mass is 16.5. The Kier molecular flexibility index (Phi) is 2.46. The molecule has 3 nitrogen and oxygen atoms in total. The molecule has 0 aliphatic rings. The Labute approximate surface area is 88.9 Å². The molecule has 0 fully saturated rings. The lowest BCUT2D eigenvalue weighted by molar-refractivity contribution is 0.424. The van der Waals surface area contributed by atoms with Crippen molar-refractivity contribution in [2.45, 2.75) is 20.3 Å². The van der Waals surface area contributed by atoms with Gasteiger partial charge in [-0.3, -0.25) is 0 Å². The van der Waals surface area contributed by atoms with Crippen molar-refractivity contribution in [1.82, 2.24) is 5.16 Å². The topological polar surface area (TPSA) is 52.0 Å². The van der Waals surface area contributed by atoms with Crippen LogP contribution in [-0.2, 0) is 6.42 Å². The first-order valence-electron chi connectivity index (χ1n) is 5.03. The van der Waals surface area contributed by atoms with Crippen molar-refractivity contribution < 1.29 is 4.52 Å². The van der Waals surface area contributed by atoms with Crippen LogP contribution in [0.1, 0.15) is 18.2 Å². The van der Waals surface area contributed by atoms with Gasteiger partial charge in [-0.15, -0.1) is 0 Å². The number of benzene rings is 1. The third-order valence-corrected chi connectivity index (χ3v) is 2.53. The van der Waals surface area contributed by atoms with E-state index in [1.54, 1.807) is 0 Å². The van der Waals surface area contributed by atoms with Gasteiger partial charge in [0.25, 0.3) is 0 Å². The van der Waals surface area contributed by atoms with E-state index in [1.807, 2.05) is 31.2 Å². The maximum atomic E-state index is 5.63. The monoisotopic (exact) mass is 202 g/mol. The van der Waals surface area contributed by atoms with Crippen molar-refractivity contribution in [2.75, 3.05) is 5.73 Å². The van der Waals surface area contributed by atoms with Gasteiger partial charge in [-0.2, -0.15) is 0 Å². The minimum Gasteiger partial charge on any atom is -0.399 e. The summed E-state index contributed by atoms with van der Waals surface area (Å²) in [5, 5.41) is 4.03. The number of nitrogens with zero attached hydrogens (tertiary/aromatic N) is 1. The van der Waals surface area contributed by atoms with Crippen LogP contribution < -0.4 is 5.73 Å². The average molecular weight is 202 g/mol. The summed E-state index contributed by atoms with van der Waals surface area (Å²) < 4.78 is 5.32. The molecule has 0 bridgehead atoms. The van der Waals surface area contributed by atoms with Gasteiger partial charge in [0.1, 0.15) is 0 Å². The van der Waals surface area contributed by atoms with Gasteiger partial charge in [0, 0.05) is 16.8 Å². The second kappa shape index (κ2) is 3.77. The molecule has 0 radical (unpaired) electrons. The first kappa shape index (κ1) is 9.77. The zero-order chi connectivity index (χ0) is 10.8. The van der Waals surface area contributed by atoms with E-state index in [0.717, 1.165) is 34.7 Å². The van der Waals surface area contributed by atoms with Crippen molar-refractivity contribution in [3.8, 4) is 11.3 Å². The van der Waals surface area contributed by atoms with Crippen LogP contribution in [0.4, 0.5) is 5.69 Å². The molecular weight excluding hydrogens is 188 g/mol. The van der Waals surface area contributed by atoms with Crippen molar-refractivity contribution in [3.05, 3.63) is 35.5 Å². The van der Waals surface area contributed by atoms with E-state index in [4.69, 9.17) is 10.3 Å². The molecule has 2 aromatic rings. The molecule has 1 aromatic carbocycles. The average Bonchev–Trinajstić information content (AvgIpc) is 2.61. The van der Waals surface area contributed by atoms with Crippen LogP contribution in [0.15, 0.2) is 28.8 Å². The molecule has 0 atom stereocenters. The van der Waals surface area contributed by atoms with Gasteiger partial charge in [0.15, 0.2) is 5.76 Å². The van der Waals surface area contributed by atoms with Crippen molar-refractivity contribution in [1.29, 1.82) is 0 Å². The molecule has 0 unspecified atom stereocenters.